The van der Waals surface area contributed by atoms with Crippen molar-refractivity contribution in [3.05, 3.63) is 59.7 Å². The molecule has 0 amide bonds. The van der Waals surface area contributed by atoms with Crippen LogP contribution in [0.2, 0.25) is 0 Å². The number of rotatable bonds is 5. The molecule has 0 aliphatic rings. The van der Waals surface area contributed by atoms with Gasteiger partial charge in [0.15, 0.2) is 0 Å². The largest absolute Gasteiger partial charge is 0.313 e. The Balaban J connectivity index is 2.17. The second-order valence-electron chi connectivity index (χ2n) is 4.31. The normalized spacial score (nSPS) is 10.6. The van der Waals surface area contributed by atoms with E-state index in [0.29, 0.717) is 0 Å². The highest BCUT2D eigenvalue weighted by atomic mass is 32.2. The third-order valence-corrected chi connectivity index (χ3v) is 3.86. The Kier molecular flexibility index (Phi) is 4.85. The van der Waals surface area contributed by atoms with Crippen molar-refractivity contribution >= 4 is 11.8 Å². The minimum absolute atomic E-state index is 0.936. The molecule has 0 atom stereocenters. The number of benzene rings is 2. The van der Waals surface area contributed by atoms with Gasteiger partial charge in [0.2, 0.25) is 0 Å². The molecule has 2 heteroatoms. The van der Waals surface area contributed by atoms with Gasteiger partial charge in [0, 0.05) is 16.3 Å². The lowest BCUT2D eigenvalue weighted by molar-refractivity contribution is 0.718. The molecule has 0 bridgehead atoms. The van der Waals surface area contributed by atoms with E-state index in [-0.39, 0.29) is 0 Å². The molecule has 0 spiro atoms. The van der Waals surface area contributed by atoms with E-state index in [4.69, 9.17) is 0 Å². The molecule has 0 aromatic heterocycles. The fourth-order valence-electron chi connectivity index (χ4n) is 1.81. The van der Waals surface area contributed by atoms with Gasteiger partial charge in [-0.3, -0.25) is 0 Å². The molecule has 94 valence electrons. The smallest absolute Gasteiger partial charge is 0.0216 e. The molecule has 0 radical (unpaired) electrons. The number of hydrogen-bond acceptors (Lipinski definition) is 2. The topological polar surface area (TPSA) is 12.0 Å². The van der Waals surface area contributed by atoms with Gasteiger partial charge in [-0.15, -0.1) is 0 Å². The third-order valence-electron chi connectivity index (χ3n) is 2.76. The van der Waals surface area contributed by atoms with Crippen LogP contribution in [-0.2, 0) is 6.54 Å². The lowest BCUT2D eigenvalue weighted by Gasteiger charge is -2.09. The first-order valence-corrected chi connectivity index (χ1v) is 7.14. The minimum Gasteiger partial charge on any atom is -0.313 e. The van der Waals surface area contributed by atoms with Gasteiger partial charge < -0.3 is 5.32 Å². The van der Waals surface area contributed by atoms with E-state index in [2.05, 4.69) is 67.7 Å². The maximum atomic E-state index is 3.39. The van der Waals surface area contributed by atoms with Crippen molar-refractivity contribution in [1.29, 1.82) is 0 Å². The van der Waals surface area contributed by atoms with E-state index in [1.807, 2.05) is 11.8 Å². The van der Waals surface area contributed by atoms with Crippen molar-refractivity contribution in [2.24, 2.45) is 0 Å². The van der Waals surface area contributed by atoms with Crippen LogP contribution in [0.15, 0.2) is 58.3 Å². The molecular weight excluding hydrogens is 238 g/mol. The Morgan fingerprint density at radius 2 is 1.89 bits per heavy atom. The first-order valence-electron chi connectivity index (χ1n) is 6.32. The molecule has 0 saturated heterocycles. The second-order valence-corrected chi connectivity index (χ2v) is 5.42. The molecule has 1 N–H and O–H groups in total. The number of nitrogens with one attached hydrogen (secondary N) is 1. The molecule has 0 aliphatic heterocycles. The monoisotopic (exact) mass is 257 g/mol. The van der Waals surface area contributed by atoms with Crippen molar-refractivity contribution in [2.45, 2.75) is 30.2 Å². The van der Waals surface area contributed by atoms with E-state index in [9.17, 15) is 0 Å². The van der Waals surface area contributed by atoms with Crippen LogP contribution in [0.5, 0.6) is 0 Å². The molecule has 0 unspecified atom stereocenters. The first kappa shape index (κ1) is 13.2. The summed E-state index contributed by atoms with van der Waals surface area (Å²) in [5, 5.41) is 3.39. The molecule has 0 saturated carbocycles. The van der Waals surface area contributed by atoms with Crippen LogP contribution in [-0.4, -0.2) is 6.54 Å². The molecule has 2 rings (SSSR count). The van der Waals surface area contributed by atoms with Crippen molar-refractivity contribution in [2.75, 3.05) is 6.54 Å². The van der Waals surface area contributed by atoms with Crippen LogP contribution in [0.25, 0.3) is 0 Å². The number of aryl methyl sites for hydroxylation is 1. The van der Waals surface area contributed by atoms with Crippen LogP contribution >= 0.6 is 11.8 Å². The lowest BCUT2D eigenvalue weighted by Crippen LogP contribution is -2.12. The third kappa shape index (κ3) is 3.62. The van der Waals surface area contributed by atoms with E-state index in [0.717, 1.165) is 13.1 Å². The van der Waals surface area contributed by atoms with Gasteiger partial charge in [-0.05, 0) is 37.2 Å². The van der Waals surface area contributed by atoms with E-state index in [1.165, 1.54) is 20.9 Å². The van der Waals surface area contributed by atoms with Gasteiger partial charge in [-0.1, -0.05) is 54.6 Å². The summed E-state index contributed by atoms with van der Waals surface area (Å²) in [5.74, 6) is 0. The zero-order valence-corrected chi connectivity index (χ0v) is 11.8. The Morgan fingerprint density at radius 3 is 2.67 bits per heavy atom. The maximum absolute atomic E-state index is 3.39. The summed E-state index contributed by atoms with van der Waals surface area (Å²) in [6, 6.07) is 17.2. The Bertz CT molecular complexity index is 508. The average Bonchev–Trinajstić information content (AvgIpc) is 2.38. The van der Waals surface area contributed by atoms with Crippen molar-refractivity contribution in [3.63, 3.8) is 0 Å². The van der Waals surface area contributed by atoms with Gasteiger partial charge >= 0.3 is 0 Å². The highest BCUT2D eigenvalue weighted by molar-refractivity contribution is 7.99. The first-order chi connectivity index (χ1) is 8.79. The average molecular weight is 257 g/mol. The van der Waals surface area contributed by atoms with E-state index < -0.39 is 0 Å². The molecule has 0 aliphatic carbocycles. The summed E-state index contributed by atoms with van der Waals surface area (Å²) in [4.78, 5) is 2.64. The van der Waals surface area contributed by atoms with Crippen LogP contribution in [0, 0.1) is 6.92 Å². The van der Waals surface area contributed by atoms with Crippen LogP contribution in [0.3, 0.4) is 0 Å². The molecular formula is C16H19NS. The lowest BCUT2D eigenvalue weighted by atomic mass is 10.2. The molecule has 0 heterocycles. The van der Waals surface area contributed by atoms with Crippen LogP contribution in [0.4, 0.5) is 0 Å². The summed E-state index contributed by atoms with van der Waals surface area (Å²) >= 11 is 1.84. The molecule has 2 aromatic rings. The van der Waals surface area contributed by atoms with Gasteiger partial charge in [0.05, 0.1) is 0 Å². The van der Waals surface area contributed by atoms with Crippen LogP contribution < -0.4 is 5.32 Å². The molecule has 18 heavy (non-hydrogen) atoms. The van der Waals surface area contributed by atoms with Crippen LogP contribution in [0.1, 0.15) is 18.1 Å². The van der Waals surface area contributed by atoms with Gasteiger partial charge in [0.25, 0.3) is 0 Å². The van der Waals surface area contributed by atoms with E-state index >= 15 is 0 Å². The summed E-state index contributed by atoms with van der Waals surface area (Å²) in [6.45, 7) is 6.21. The van der Waals surface area contributed by atoms with Crippen molar-refractivity contribution < 1.29 is 0 Å². The van der Waals surface area contributed by atoms with Gasteiger partial charge in [-0.25, -0.2) is 0 Å². The predicted octanol–water partition coefficient (Wildman–Crippen LogP) is 4.26. The second kappa shape index (κ2) is 6.62. The maximum Gasteiger partial charge on any atom is 0.0216 e. The summed E-state index contributed by atoms with van der Waals surface area (Å²) < 4.78 is 0. The zero-order valence-electron chi connectivity index (χ0n) is 10.9. The Hall–Kier alpha value is -1.25. The van der Waals surface area contributed by atoms with E-state index in [1.54, 1.807) is 0 Å². The quantitative estimate of drug-likeness (QED) is 0.859. The standard InChI is InChI=1S/C16H19NS/c1-3-17-12-14-8-4-5-10-16(14)18-15-9-6-7-13(2)11-15/h4-11,17H,3,12H2,1-2H3. The number of hydrogen-bond donors (Lipinski definition) is 1. The summed E-state index contributed by atoms with van der Waals surface area (Å²) in [6.07, 6.45) is 0. The fourth-order valence-corrected chi connectivity index (χ4v) is 2.88. The summed E-state index contributed by atoms with van der Waals surface area (Å²) in [7, 11) is 0. The predicted molar refractivity (Wildman–Crippen MR) is 79.1 cm³/mol. The highest BCUT2D eigenvalue weighted by Gasteiger charge is 2.03. The Labute approximate surface area is 114 Å². The van der Waals surface area contributed by atoms with Crippen molar-refractivity contribution in [1.82, 2.24) is 5.32 Å². The fraction of sp³-hybridized carbons (Fsp3) is 0.250. The van der Waals surface area contributed by atoms with Gasteiger partial charge in [0.1, 0.15) is 0 Å². The SMILES string of the molecule is CCNCc1ccccc1Sc1cccc(C)c1. The highest BCUT2D eigenvalue weighted by Crippen LogP contribution is 2.30. The Morgan fingerprint density at radius 1 is 1.06 bits per heavy atom. The summed E-state index contributed by atoms with van der Waals surface area (Å²) in [5.41, 5.74) is 2.68. The molecule has 0 fully saturated rings. The van der Waals surface area contributed by atoms with Crippen molar-refractivity contribution in [3.8, 4) is 0 Å². The molecule has 2 aromatic carbocycles. The molecule has 1 nitrogen and oxygen atoms in total. The zero-order chi connectivity index (χ0) is 12.8. The van der Waals surface area contributed by atoms with Gasteiger partial charge in [-0.2, -0.15) is 0 Å². The minimum atomic E-state index is 0.936.